The van der Waals surface area contributed by atoms with Crippen molar-refractivity contribution in [3.8, 4) is 0 Å². The minimum atomic E-state index is -0.0953. The van der Waals surface area contributed by atoms with E-state index < -0.39 is 0 Å². The zero-order valence-corrected chi connectivity index (χ0v) is 12.5. The summed E-state index contributed by atoms with van der Waals surface area (Å²) in [4.78, 5) is 14.4. The molecule has 0 spiro atoms. The molecule has 19 heavy (non-hydrogen) atoms. The first kappa shape index (κ1) is 14.6. The zero-order chi connectivity index (χ0) is 14.0. The molecule has 1 heterocycles. The Morgan fingerprint density at radius 3 is 2.84 bits per heavy atom. The Kier molecular flexibility index (Phi) is 4.71. The second-order valence-corrected chi connectivity index (χ2v) is 5.68. The maximum Gasteiger partial charge on any atom is 0.254 e. The van der Waals surface area contributed by atoms with Crippen molar-refractivity contribution in [1.82, 2.24) is 4.90 Å². The molecular weight excluding hydrogens is 285 g/mol. The summed E-state index contributed by atoms with van der Waals surface area (Å²) < 4.78 is 5.55. The van der Waals surface area contributed by atoms with E-state index in [-0.39, 0.29) is 18.1 Å². The summed E-state index contributed by atoms with van der Waals surface area (Å²) in [6, 6.07) is 5.44. The van der Waals surface area contributed by atoms with Gasteiger partial charge in [0, 0.05) is 17.1 Å². The highest BCUT2D eigenvalue weighted by atomic mass is 35.5. The first-order valence-electron chi connectivity index (χ1n) is 6.27. The molecule has 1 aromatic rings. The van der Waals surface area contributed by atoms with Gasteiger partial charge in [0.1, 0.15) is 0 Å². The van der Waals surface area contributed by atoms with E-state index in [4.69, 9.17) is 27.9 Å². The monoisotopic (exact) mass is 301 g/mol. The normalized spacial score (nSPS) is 23.5. The van der Waals surface area contributed by atoms with Gasteiger partial charge < -0.3 is 9.64 Å². The van der Waals surface area contributed by atoms with E-state index in [1.165, 1.54) is 0 Å². The molecule has 0 N–H and O–H groups in total. The van der Waals surface area contributed by atoms with Gasteiger partial charge in [-0.25, -0.2) is 0 Å². The Morgan fingerprint density at radius 2 is 2.21 bits per heavy atom. The van der Waals surface area contributed by atoms with Gasteiger partial charge in [0.2, 0.25) is 0 Å². The van der Waals surface area contributed by atoms with Crippen LogP contribution in [0.5, 0.6) is 0 Å². The quantitative estimate of drug-likeness (QED) is 0.786. The van der Waals surface area contributed by atoms with Crippen LogP contribution in [0.4, 0.5) is 0 Å². The molecule has 1 fully saturated rings. The number of ether oxygens (including phenoxy) is 1. The third kappa shape index (κ3) is 3.41. The van der Waals surface area contributed by atoms with Crippen LogP contribution in [0.2, 0.25) is 5.02 Å². The number of rotatable bonds is 2. The number of halogens is 2. The fourth-order valence-corrected chi connectivity index (χ4v) is 2.70. The smallest absolute Gasteiger partial charge is 0.254 e. The molecule has 1 aliphatic heterocycles. The van der Waals surface area contributed by atoms with Crippen LogP contribution in [-0.2, 0) is 4.74 Å². The van der Waals surface area contributed by atoms with Crippen LogP contribution in [0.1, 0.15) is 22.8 Å². The van der Waals surface area contributed by atoms with Gasteiger partial charge in [-0.15, -0.1) is 11.6 Å². The number of hydrogen-bond donors (Lipinski definition) is 0. The predicted octanol–water partition coefficient (Wildman–Crippen LogP) is 3.12. The van der Waals surface area contributed by atoms with Crippen molar-refractivity contribution in [1.29, 1.82) is 0 Å². The van der Waals surface area contributed by atoms with Crippen LogP contribution in [-0.4, -0.2) is 42.0 Å². The Hall–Kier alpha value is -0.770. The summed E-state index contributed by atoms with van der Waals surface area (Å²) in [5, 5.41) is 0.582. The van der Waals surface area contributed by atoms with Gasteiger partial charge in [-0.3, -0.25) is 4.79 Å². The second-order valence-electron chi connectivity index (χ2n) is 4.93. The van der Waals surface area contributed by atoms with Crippen LogP contribution >= 0.6 is 23.2 Å². The molecule has 2 rings (SSSR count). The van der Waals surface area contributed by atoms with Crippen molar-refractivity contribution < 1.29 is 9.53 Å². The molecule has 0 aromatic heterocycles. The predicted molar refractivity (Wildman–Crippen MR) is 77.1 cm³/mol. The average Bonchev–Trinajstić information content (AvgIpc) is 2.37. The summed E-state index contributed by atoms with van der Waals surface area (Å²) in [5.41, 5.74) is 1.60. The van der Waals surface area contributed by atoms with E-state index in [1.807, 2.05) is 30.9 Å². The molecule has 1 amide bonds. The Bertz CT molecular complexity index is 458. The van der Waals surface area contributed by atoms with Gasteiger partial charge in [0.05, 0.1) is 24.6 Å². The lowest BCUT2D eigenvalue weighted by atomic mass is 10.1. The van der Waals surface area contributed by atoms with E-state index in [2.05, 4.69) is 0 Å². The van der Waals surface area contributed by atoms with Gasteiger partial charge in [-0.2, -0.15) is 0 Å². The highest BCUT2D eigenvalue weighted by molar-refractivity contribution is 6.31. The maximum atomic E-state index is 12.5. The van der Waals surface area contributed by atoms with Crippen molar-refractivity contribution in [2.75, 3.05) is 19.0 Å². The largest absolute Gasteiger partial charge is 0.373 e. The van der Waals surface area contributed by atoms with Crippen molar-refractivity contribution in [2.45, 2.75) is 26.0 Å². The molecular formula is C14H17Cl2NO2. The first-order chi connectivity index (χ1) is 9.01. The summed E-state index contributed by atoms with van der Waals surface area (Å²) in [5.74, 6) is 0.377. The molecule has 5 heteroatoms. The number of hydrogen-bond acceptors (Lipinski definition) is 2. The lowest BCUT2D eigenvalue weighted by Gasteiger charge is -2.37. The lowest BCUT2D eigenvalue weighted by Crippen LogP contribution is -2.51. The summed E-state index contributed by atoms with van der Waals surface area (Å²) in [7, 11) is 0. The van der Waals surface area contributed by atoms with Crippen molar-refractivity contribution in [2.24, 2.45) is 0 Å². The van der Waals surface area contributed by atoms with Gasteiger partial charge in [-0.05, 0) is 37.6 Å². The van der Waals surface area contributed by atoms with Crippen LogP contribution < -0.4 is 0 Å². The Balaban J connectivity index is 2.21. The third-order valence-electron chi connectivity index (χ3n) is 3.23. The van der Waals surface area contributed by atoms with Crippen molar-refractivity contribution in [3.63, 3.8) is 0 Å². The average molecular weight is 302 g/mol. The summed E-state index contributed by atoms with van der Waals surface area (Å²) in [6.07, 6.45) is -0.0953. The summed E-state index contributed by atoms with van der Waals surface area (Å²) >= 11 is 11.8. The standard InChI is InChI=1S/C14H17Cl2NO2/c1-9-3-11(5-12(16)4-9)14(18)17-7-13(6-15)19-8-10(17)2/h3-5,10,13H,6-8H2,1-2H3. The number of alkyl halides is 1. The number of amides is 1. The van der Waals surface area contributed by atoms with Gasteiger partial charge in [0.25, 0.3) is 5.91 Å². The van der Waals surface area contributed by atoms with Crippen molar-refractivity contribution in [3.05, 3.63) is 34.3 Å². The molecule has 1 saturated heterocycles. The highest BCUT2D eigenvalue weighted by Gasteiger charge is 2.29. The molecule has 3 nitrogen and oxygen atoms in total. The fourth-order valence-electron chi connectivity index (χ4n) is 2.22. The topological polar surface area (TPSA) is 29.5 Å². The Labute approximate surface area is 123 Å². The minimum Gasteiger partial charge on any atom is -0.373 e. The first-order valence-corrected chi connectivity index (χ1v) is 7.18. The van der Waals surface area contributed by atoms with Crippen LogP contribution in [0.25, 0.3) is 0 Å². The number of benzene rings is 1. The number of aryl methyl sites for hydroxylation is 1. The van der Waals surface area contributed by atoms with E-state index in [0.29, 0.717) is 29.6 Å². The Morgan fingerprint density at radius 1 is 1.47 bits per heavy atom. The number of carbonyl (C=O) groups excluding carboxylic acids is 1. The van der Waals surface area contributed by atoms with Gasteiger partial charge in [0.15, 0.2) is 0 Å². The SMILES string of the molecule is Cc1cc(Cl)cc(C(=O)N2CC(CCl)OCC2C)c1. The molecule has 1 aliphatic rings. The van der Waals surface area contributed by atoms with E-state index in [0.717, 1.165) is 5.56 Å². The highest BCUT2D eigenvalue weighted by Crippen LogP contribution is 2.20. The van der Waals surface area contributed by atoms with Crippen molar-refractivity contribution >= 4 is 29.1 Å². The number of carbonyl (C=O) groups is 1. The van der Waals surface area contributed by atoms with E-state index in [9.17, 15) is 4.79 Å². The lowest BCUT2D eigenvalue weighted by molar-refractivity contribution is -0.0371. The van der Waals surface area contributed by atoms with E-state index >= 15 is 0 Å². The molecule has 0 bridgehead atoms. The number of morpholine rings is 1. The molecule has 2 atom stereocenters. The molecule has 1 aromatic carbocycles. The fraction of sp³-hybridized carbons (Fsp3) is 0.500. The van der Waals surface area contributed by atoms with E-state index in [1.54, 1.807) is 6.07 Å². The molecule has 0 radical (unpaired) electrons. The minimum absolute atomic E-state index is 0.0171. The zero-order valence-electron chi connectivity index (χ0n) is 11.0. The van der Waals surface area contributed by atoms with Gasteiger partial charge in [-0.1, -0.05) is 11.6 Å². The summed E-state index contributed by atoms with van der Waals surface area (Å²) in [6.45, 7) is 4.93. The molecule has 0 aliphatic carbocycles. The van der Waals surface area contributed by atoms with Crippen LogP contribution in [0.15, 0.2) is 18.2 Å². The van der Waals surface area contributed by atoms with Crippen LogP contribution in [0, 0.1) is 6.92 Å². The molecule has 0 saturated carbocycles. The maximum absolute atomic E-state index is 12.5. The molecule has 2 unspecified atom stereocenters. The molecule has 104 valence electrons. The second kappa shape index (κ2) is 6.12. The van der Waals surface area contributed by atoms with Gasteiger partial charge >= 0.3 is 0 Å². The number of nitrogens with zero attached hydrogens (tertiary/aromatic N) is 1. The third-order valence-corrected chi connectivity index (χ3v) is 3.79. The van der Waals surface area contributed by atoms with Crippen LogP contribution in [0.3, 0.4) is 0 Å².